The normalized spacial score (nSPS) is 17.0. The number of carbonyl (C=O) groups excluding carboxylic acids is 1. The molecule has 0 aromatic heterocycles. The van der Waals surface area contributed by atoms with Crippen LogP contribution in [0.3, 0.4) is 0 Å². The number of hydrogen-bond donors (Lipinski definition) is 2. The third-order valence-corrected chi connectivity index (χ3v) is 5.41. The van der Waals surface area contributed by atoms with Crippen molar-refractivity contribution in [3.05, 3.63) is 48.5 Å². The quantitative estimate of drug-likeness (QED) is 0.732. The van der Waals surface area contributed by atoms with Crippen LogP contribution in [0.5, 0.6) is 5.75 Å². The van der Waals surface area contributed by atoms with Crippen molar-refractivity contribution in [2.24, 2.45) is 0 Å². The SMILES string of the molecule is O=C(Nc1ccc(NS(=O)(=O)c2ccccc2OC(F)(F)F)cc1)C1CCCO1. The van der Waals surface area contributed by atoms with Crippen molar-refractivity contribution in [2.75, 3.05) is 16.6 Å². The number of nitrogens with one attached hydrogen (secondary N) is 2. The molecule has 2 aromatic carbocycles. The summed E-state index contributed by atoms with van der Waals surface area (Å²) in [5, 5.41) is 2.65. The number of para-hydroxylation sites is 1. The van der Waals surface area contributed by atoms with Gasteiger partial charge in [-0.25, -0.2) is 8.42 Å². The molecule has 1 atom stereocenters. The van der Waals surface area contributed by atoms with Gasteiger partial charge in [-0.1, -0.05) is 12.1 Å². The Morgan fingerprint density at radius 3 is 2.34 bits per heavy atom. The number of anilines is 2. The van der Waals surface area contributed by atoms with Crippen LogP contribution in [0.25, 0.3) is 0 Å². The number of sulfonamides is 1. The largest absolute Gasteiger partial charge is 0.573 e. The summed E-state index contributed by atoms with van der Waals surface area (Å²) in [4.78, 5) is 11.4. The minimum absolute atomic E-state index is 0.0990. The summed E-state index contributed by atoms with van der Waals surface area (Å²) >= 11 is 0. The van der Waals surface area contributed by atoms with Crippen molar-refractivity contribution in [3.63, 3.8) is 0 Å². The molecule has 11 heteroatoms. The van der Waals surface area contributed by atoms with E-state index < -0.39 is 33.1 Å². The Morgan fingerprint density at radius 1 is 1.07 bits per heavy atom. The Hall–Kier alpha value is -2.79. The van der Waals surface area contributed by atoms with Crippen LogP contribution < -0.4 is 14.8 Å². The van der Waals surface area contributed by atoms with Gasteiger partial charge in [-0.2, -0.15) is 0 Å². The molecule has 0 radical (unpaired) electrons. The molecule has 1 amide bonds. The highest BCUT2D eigenvalue weighted by Gasteiger charge is 2.34. The first kappa shape index (κ1) is 20.9. The predicted molar refractivity (Wildman–Crippen MR) is 98.0 cm³/mol. The van der Waals surface area contributed by atoms with E-state index in [1.807, 2.05) is 0 Å². The van der Waals surface area contributed by atoms with E-state index in [0.717, 1.165) is 18.6 Å². The minimum atomic E-state index is -5.03. The van der Waals surface area contributed by atoms with E-state index >= 15 is 0 Å². The lowest BCUT2D eigenvalue weighted by atomic mass is 10.2. The molecule has 1 aliphatic heterocycles. The fourth-order valence-electron chi connectivity index (χ4n) is 2.72. The van der Waals surface area contributed by atoms with E-state index in [1.165, 1.54) is 36.4 Å². The first-order chi connectivity index (χ1) is 13.6. The van der Waals surface area contributed by atoms with Gasteiger partial charge in [0.05, 0.1) is 0 Å². The van der Waals surface area contributed by atoms with Crippen molar-refractivity contribution < 1.29 is 35.9 Å². The van der Waals surface area contributed by atoms with E-state index in [-0.39, 0.29) is 11.6 Å². The van der Waals surface area contributed by atoms with Gasteiger partial charge in [-0.3, -0.25) is 9.52 Å². The highest BCUT2D eigenvalue weighted by atomic mass is 32.2. The van der Waals surface area contributed by atoms with Gasteiger partial charge in [0.15, 0.2) is 0 Å². The Morgan fingerprint density at radius 2 is 1.72 bits per heavy atom. The van der Waals surface area contributed by atoms with E-state index in [0.29, 0.717) is 18.7 Å². The molecule has 1 aliphatic rings. The van der Waals surface area contributed by atoms with Gasteiger partial charge in [0.1, 0.15) is 16.7 Å². The summed E-state index contributed by atoms with van der Waals surface area (Å²) in [6.45, 7) is 0.526. The topological polar surface area (TPSA) is 93.7 Å². The fourth-order valence-corrected chi connectivity index (χ4v) is 3.91. The van der Waals surface area contributed by atoms with Gasteiger partial charge in [0, 0.05) is 18.0 Å². The molecule has 0 bridgehead atoms. The molecule has 1 saturated heterocycles. The molecule has 29 heavy (non-hydrogen) atoms. The van der Waals surface area contributed by atoms with Crippen LogP contribution in [-0.4, -0.2) is 33.4 Å². The second kappa shape index (κ2) is 8.29. The van der Waals surface area contributed by atoms with Crippen LogP contribution in [-0.2, 0) is 19.6 Å². The van der Waals surface area contributed by atoms with E-state index in [4.69, 9.17) is 4.74 Å². The maximum absolute atomic E-state index is 12.5. The van der Waals surface area contributed by atoms with Crippen molar-refractivity contribution in [1.29, 1.82) is 0 Å². The molecule has 3 rings (SSSR count). The third kappa shape index (κ3) is 5.61. The van der Waals surface area contributed by atoms with Crippen LogP contribution >= 0.6 is 0 Å². The molecule has 2 N–H and O–H groups in total. The van der Waals surface area contributed by atoms with Crippen LogP contribution in [0.1, 0.15) is 12.8 Å². The van der Waals surface area contributed by atoms with Crippen molar-refractivity contribution >= 4 is 27.3 Å². The first-order valence-electron chi connectivity index (χ1n) is 8.54. The number of alkyl halides is 3. The summed E-state index contributed by atoms with van der Waals surface area (Å²) < 4.78 is 73.8. The fraction of sp³-hybridized carbons (Fsp3) is 0.278. The molecule has 0 saturated carbocycles. The van der Waals surface area contributed by atoms with Gasteiger partial charge in [-0.15, -0.1) is 13.2 Å². The van der Waals surface area contributed by atoms with E-state index in [2.05, 4.69) is 14.8 Å². The monoisotopic (exact) mass is 430 g/mol. The van der Waals surface area contributed by atoms with Gasteiger partial charge in [0.25, 0.3) is 15.9 Å². The second-order valence-electron chi connectivity index (χ2n) is 6.17. The third-order valence-electron chi connectivity index (χ3n) is 3.99. The maximum Gasteiger partial charge on any atom is 0.573 e. The van der Waals surface area contributed by atoms with Crippen molar-refractivity contribution in [2.45, 2.75) is 30.2 Å². The average Bonchev–Trinajstić information content (AvgIpc) is 3.17. The molecular weight excluding hydrogens is 413 g/mol. The van der Waals surface area contributed by atoms with Gasteiger partial charge >= 0.3 is 6.36 Å². The zero-order chi connectivity index (χ0) is 21.1. The smallest absolute Gasteiger partial charge is 0.404 e. The first-order valence-corrected chi connectivity index (χ1v) is 10.0. The Labute approximate surface area is 164 Å². The number of hydrogen-bond acceptors (Lipinski definition) is 5. The average molecular weight is 430 g/mol. The van der Waals surface area contributed by atoms with Gasteiger partial charge in [0.2, 0.25) is 0 Å². The molecule has 0 aliphatic carbocycles. The Kier molecular flexibility index (Phi) is 5.99. The lowest BCUT2D eigenvalue weighted by Crippen LogP contribution is -2.26. The highest BCUT2D eigenvalue weighted by molar-refractivity contribution is 7.92. The number of carbonyl (C=O) groups is 1. The number of amides is 1. The molecular formula is C18H17F3N2O5S. The second-order valence-corrected chi connectivity index (χ2v) is 7.82. The lowest BCUT2D eigenvalue weighted by molar-refractivity contribution is -0.275. The summed E-state index contributed by atoms with van der Waals surface area (Å²) in [5.41, 5.74) is 0.524. The molecule has 1 unspecified atom stereocenters. The molecule has 7 nitrogen and oxygen atoms in total. The molecule has 1 fully saturated rings. The Bertz CT molecular complexity index is 972. The summed E-state index contributed by atoms with van der Waals surface area (Å²) in [5.74, 6) is -1.14. The summed E-state index contributed by atoms with van der Waals surface area (Å²) in [7, 11) is -4.35. The van der Waals surface area contributed by atoms with Gasteiger partial charge < -0.3 is 14.8 Å². The zero-order valence-corrected chi connectivity index (χ0v) is 15.7. The summed E-state index contributed by atoms with van der Waals surface area (Å²) in [6, 6.07) is 10.1. The van der Waals surface area contributed by atoms with Crippen molar-refractivity contribution in [3.8, 4) is 5.75 Å². The standard InChI is InChI=1S/C18H17F3N2O5S/c19-18(20,21)28-14-4-1-2-6-16(14)29(25,26)23-13-9-7-12(8-10-13)22-17(24)15-5-3-11-27-15/h1-2,4,6-10,15,23H,3,5,11H2,(H,22,24). The number of benzene rings is 2. The zero-order valence-electron chi connectivity index (χ0n) is 14.9. The number of halogens is 3. The van der Waals surface area contributed by atoms with E-state index in [9.17, 15) is 26.4 Å². The van der Waals surface area contributed by atoms with Gasteiger partial charge in [-0.05, 0) is 49.2 Å². The van der Waals surface area contributed by atoms with Crippen LogP contribution in [0.2, 0.25) is 0 Å². The van der Waals surface area contributed by atoms with Crippen LogP contribution in [0.4, 0.5) is 24.5 Å². The number of ether oxygens (including phenoxy) is 2. The molecule has 1 heterocycles. The van der Waals surface area contributed by atoms with Crippen LogP contribution in [0.15, 0.2) is 53.4 Å². The molecule has 156 valence electrons. The molecule has 2 aromatic rings. The number of rotatable bonds is 6. The minimum Gasteiger partial charge on any atom is -0.404 e. The lowest BCUT2D eigenvalue weighted by Gasteiger charge is -2.15. The Balaban J connectivity index is 1.72. The highest BCUT2D eigenvalue weighted by Crippen LogP contribution is 2.30. The van der Waals surface area contributed by atoms with Crippen LogP contribution in [0, 0.1) is 0 Å². The van der Waals surface area contributed by atoms with E-state index in [1.54, 1.807) is 0 Å². The molecule has 0 spiro atoms. The van der Waals surface area contributed by atoms with Crippen molar-refractivity contribution in [1.82, 2.24) is 0 Å². The maximum atomic E-state index is 12.5. The summed E-state index contributed by atoms with van der Waals surface area (Å²) in [6.07, 6.45) is -4.12. The predicted octanol–water partition coefficient (Wildman–Crippen LogP) is 3.50.